The maximum atomic E-state index is 12.8. The molecule has 19 heavy (non-hydrogen) atoms. The summed E-state index contributed by atoms with van der Waals surface area (Å²) < 4.78 is 38.5. The van der Waals surface area contributed by atoms with Crippen molar-refractivity contribution < 1.29 is 18.0 Å². The lowest BCUT2D eigenvalue weighted by Gasteiger charge is -2.12. The molecule has 1 amide bonds. The highest BCUT2D eigenvalue weighted by Gasteiger charge is 2.47. The molecule has 100 valence electrons. The minimum atomic E-state index is -4.39. The molecule has 0 aromatic heterocycles. The van der Waals surface area contributed by atoms with Gasteiger partial charge in [-0.2, -0.15) is 13.2 Å². The van der Waals surface area contributed by atoms with Crippen LogP contribution in [-0.4, -0.2) is 12.5 Å². The van der Waals surface area contributed by atoms with E-state index in [0.717, 1.165) is 6.07 Å². The van der Waals surface area contributed by atoms with E-state index in [0.29, 0.717) is 6.42 Å². The standard InChI is InChI=1S/C14H12F3NO/c1-2-7-18-13(19)11-8-10(11)9-5-3-4-6-12(9)14(15,16)17/h1,3-6,10-11H,7-8H2,(H,18,19). The van der Waals surface area contributed by atoms with Crippen molar-refractivity contribution in [2.24, 2.45) is 5.92 Å². The molecule has 1 fully saturated rings. The first kappa shape index (κ1) is 13.5. The molecule has 2 unspecified atom stereocenters. The molecule has 2 rings (SSSR count). The number of nitrogens with one attached hydrogen (secondary N) is 1. The number of rotatable bonds is 3. The number of carbonyl (C=O) groups excluding carboxylic acids is 1. The minimum absolute atomic E-state index is 0.100. The number of benzene rings is 1. The van der Waals surface area contributed by atoms with E-state index < -0.39 is 17.7 Å². The van der Waals surface area contributed by atoms with Gasteiger partial charge in [0, 0.05) is 5.92 Å². The zero-order valence-corrected chi connectivity index (χ0v) is 10.00. The van der Waals surface area contributed by atoms with Crippen LogP contribution in [0, 0.1) is 18.3 Å². The molecule has 0 spiro atoms. The second-order valence-electron chi connectivity index (χ2n) is 4.46. The van der Waals surface area contributed by atoms with Gasteiger partial charge in [0.15, 0.2) is 0 Å². The van der Waals surface area contributed by atoms with Crippen LogP contribution < -0.4 is 5.32 Å². The van der Waals surface area contributed by atoms with Gasteiger partial charge in [-0.25, -0.2) is 0 Å². The van der Waals surface area contributed by atoms with Gasteiger partial charge >= 0.3 is 6.18 Å². The molecule has 0 saturated heterocycles. The number of hydrogen-bond acceptors (Lipinski definition) is 1. The molecule has 0 heterocycles. The molecular formula is C14H12F3NO. The lowest BCUT2D eigenvalue weighted by Crippen LogP contribution is -2.25. The Bertz CT molecular complexity index is 530. The van der Waals surface area contributed by atoms with Crippen LogP contribution >= 0.6 is 0 Å². The molecule has 2 atom stereocenters. The molecule has 1 aromatic carbocycles. The summed E-state index contributed by atoms with van der Waals surface area (Å²) in [6.45, 7) is 0.100. The maximum absolute atomic E-state index is 12.8. The Morgan fingerprint density at radius 3 is 2.74 bits per heavy atom. The first-order chi connectivity index (χ1) is 8.95. The fourth-order valence-electron chi connectivity index (χ4n) is 2.18. The van der Waals surface area contributed by atoms with E-state index in [4.69, 9.17) is 6.42 Å². The Kier molecular flexibility index (Phi) is 3.52. The molecule has 0 bridgehead atoms. The highest BCUT2D eigenvalue weighted by atomic mass is 19.4. The lowest BCUT2D eigenvalue weighted by molar-refractivity contribution is -0.138. The van der Waals surface area contributed by atoms with Crippen molar-refractivity contribution in [3.05, 3.63) is 35.4 Å². The summed E-state index contributed by atoms with van der Waals surface area (Å²) in [6, 6.07) is 5.38. The summed E-state index contributed by atoms with van der Waals surface area (Å²) in [4.78, 5) is 11.6. The third-order valence-corrected chi connectivity index (χ3v) is 3.16. The molecule has 0 aliphatic heterocycles. The summed E-state index contributed by atoms with van der Waals surface area (Å²) >= 11 is 0. The van der Waals surface area contributed by atoms with E-state index in [2.05, 4.69) is 11.2 Å². The highest BCUT2D eigenvalue weighted by Crippen LogP contribution is 2.50. The topological polar surface area (TPSA) is 29.1 Å². The third kappa shape index (κ3) is 2.90. The number of amides is 1. The Morgan fingerprint density at radius 1 is 1.42 bits per heavy atom. The molecule has 2 nitrogen and oxygen atoms in total. The fourth-order valence-corrected chi connectivity index (χ4v) is 2.18. The van der Waals surface area contributed by atoms with Crippen molar-refractivity contribution in [1.29, 1.82) is 0 Å². The zero-order chi connectivity index (χ0) is 14.0. The zero-order valence-electron chi connectivity index (χ0n) is 10.00. The van der Waals surface area contributed by atoms with Gasteiger partial charge in [0.25, 0.3) is 0 Å². The SMILES string of the molecule is C#CCNC(=O)C1CC1c1ccccc1C(F)(F)F. The molecule has 1 aliphatic carbocycles. The van der Waals surface area contributed by atoms with Gasteiger partial charge in [0.1, 0.15) is 0 Å². The van der Waals surface area contributed by atoms with Gasteiger partial charge < -0.3 is 5.32 Å². The number of terminal acetylenes is 1. The normalized spacial score (nSPS) is 21.6. The number of alkyl halides is 3. The van der Waals surface area contributed by atoms with Crippen LogP contribution in [0.4, 0.5) is 13.2 Å². The number of carbonyl (C=O) groups is 1. The van der Waals surface area contributed by atoms with Gasteiger partial charge in [-0.3, -0.25) is 4.79 Å². The van der Waals surface area contributed by atoms with Crippen molar-refractivity contribution in [2.75, 3.05) is 6.54 Å². The summed E-state index contributed by atoms with van der Waals surface area (Å²) in [5.74, 6) is 1.21. The molecule has 1 aromatic rings. The molecule has 5 heteroatoms. The monoisotopic (exact) mass is 267 g/mol. The first-order valence-electron chi connectivity index (χ1n) is 5.82. The first-order valence-corrected chi connectivity index (χ1v) is 5.82. The van der Waals surface area contributed by atoms with E-state index in [9.17, 15) is 18.0 Å². The van der Waals surface area contributed by atoms with Gasteiger partial charge in [-0.15, -0.1) is 6.42 Å². The summed E-state index contributed by atoms with van der Waals surface area (Å²) in [6.07, 6.45) is 1.06. The summed E-state index contributed by atoms with van der Waals surface area (Å²) in [5.41, 5.74) is -0.469. The van der Waals surface area contributed by atoms with Crippen LogP contribution in [0.5, 0.6) is 0 Å². The van der Waals surface area contributed by atoms with E-state index in [1.54, 1.807) is 6.07 Å². The van der Waals surface area contributed by atoms with Gasteiger partial charge in [-0.1, -0.05) is 24.1 Å². The van der Waals surface area contributed by atoms with Crippen LogP contribution in [0.2, 0.25) is 0 Å². The van der Waals surface area contributed by atoms with Crippen LogP contribution in [0.15, 0.2) is 24.3 Å². The van der Waals surface area contributed by atoms with Crippen LogP contribution in [0.3, 0.4) is 0 Å². The molecule has 1 aliphatic rings. The highest BCUT2D eigenvalue weighted by molar-refractivity contribution is 5.83. The van der Waals surface area contributed by atoms with Gasteiger partial charge in [0.2, 0.25) is 5.91 Å². The van der Waals surface area contributed by atoms with Gasteiger partial charge in [-0.05, 0) is 24.0 Å². The fraction of sp³-hybridized carbons (Fsp3) is 0.357. The van der Waals surface area contributed by atoms with E-state index >= 15 is 0 Å². The van der Waals surface area contributed by atoms with Crippen molar-refractivity contribution in [2.45, 2.75) is 18.5 Å². The quantitative estimate of drug-likeness (QED) is 0.838. The Hall–Kier alpha value is -1.96. The number of hydrogen-bond donors (Lipinski definition) is 1. The van der Waals surface area contributed by atoms with E-state index in [-0.39, 0.29) is 23.9 Å². The second kappa shape index (κ2) is 4.96. The lowest BCUT2D eigenvalue weighted by atomic mass is 10.0. The van der Waals surface area contributed by atoms with Crippen molar-refractivity contribution in [1.82, 2.24) is 5.32 Å². The molecular weight excluding hydrogens is 255 g/mol. The van der Waals surface area contributed by atoms with E-state index in [1.165, 1.54) is 12.1 Å². The van der Waals surface area contributed by atoms with Crippen molar-refractivity contribution in [3.63, 3.8) is 0 Å². The van der Waals surface area contributed by atoms with Crippen LogP contribution in [-0.2, 0) is 11.0 Å². The van der Waals surface area contributed by atoms with Crippen LogP contribution in [0.25, 0.3) is 0 Å². The Labute approximate surface area is 109 Å². The summed E-state index contributed by atoms with van der Waals surface area (Å²) in [7, 11) is 0. The number of halogens is 3. The average molecular weight is 267 g/mol. The maximum Gasteiger partial charge on any atom is 0.416 e. The second-order valence-corrected chi connectivity index (χ2v) is 4.46. The average Bonchev–Trinajstić information content (AvgIpc) is 3.15. The largest absolute Gasteiger partial charge is 0.416 e. The minimum Gasteiger partial charge on any atom is -0.345 e. The predicted molar refractivity (Wildman–Crippen MR) is 64.1 cm³/mol. The Balaban J connectivity index is 2.14. The predicted octanol–water partition coefficient (Wildman–Crippen LogP) is 2.56. The van der Waals surface area contributed by atoms with Gasteiger partial charge in [0.05, 0.1) is 12.1 Å². The van der Waals surface area contributed by atoms with Crippen LogP contribution in [0.1, 0.15) is 23.5 Å². The molecule has 1 saturated carbocycles. The Morgan fingerprint density at radius 2 is 2.11 bits per heavy atom. The smallest absolute Gasteiger partial charge is 0.345 e. The van der Waals surface area contributed by atoms with E-state index in [1.807, 2.05) is 0 Å². The van der Waals surface area contributed by atoms with Crippen molar-refractivity contribution >= 4 is 5.91 Å². The molecule has 0 radical (unpaired) electrons. The third-order valence-electron chi connectivity index (χ3n) is 3.16. The summed E-state index contributed by atoms with van der Waals surface area (Å²) in [5, 5.41) is 2.50. The molecule has 1 N–H and O–H groups in total. The van der Waals surface area contributed by atoms with Crippen molar-refractivity contribution in [3.8, 4) is 12.3 Å².